The van der Waals surface area contributed by atoms with E-state index < -0.39 is 23.9 Å². The number of carbonyl (C=O) groups is 1. The molecule has 0 aromatic heterocycles. The molecule has 2 unspecified atom stereocenters. The molecule has 0 radical (unpaired) electrons. The first-order valence-electron chi connectivity index (χ1n) is 4.14. The average molecular weight is 357 g/mol. The van der Waals surface area contributed by atoms with Crippen LogP contribution in [0.25, 0.3) is 0 Å². The van der Waals surface area contributed by atoms with Crippen LogP contribution >= 0.6 is 31.9 Å². The molecule has 1 rings (SSSR count). The summed E-state index contributed by atoms with van der Waals surface area (Å²) in [6.45, 7) is 0. The Hall–Kier alpha value is -0.500. The van der Waals surface area contributed by atoms with Crippen LogP contribution in [0.1, 0.15) is 11.7 Å². The third-order valence-electron chi connectivity index (χ3n) is 1.93. The predicted molar refractivity (Wildman–Crippen MR) is 62.0 cm³/mol. The van der Waals surface area contributed by atoms with Crippen LogP contribution in [-0.2, 0) is 4.79 Å². The van der Waals surface area contributed by atoms with Gasteiger partial charge in [-0.25, -0.2) is 4.39 Å². The summed E-state index contributed by atoms with van der Waals surface area (Å²) in [5, 5.41) is 19.0. The van der Waals surface area contributed by atoms with Crippen LogP contribution in [-0.4, -0.2) is 22.2 Å². The van der Waals surface area contributed by atoms with Crippen LogP contribution in [0.15, 0.2) is 21.1 Å². The van der Waals surface area contributed by atoms with E-state index in [1.54, 1.807) is 0 Å². The second-order valence-corrected chi connectivity index (χ2v) is 4.78. The van der Waals surface area contributed by atoms with Crippen LogP contribution in [0.3, 0.4) is 0 Å². The maximum absolute atomic E-state index is 12.9. The molecule has 4 N–H and O–H groups in total. The second-order valence-electron chi connectivity index (χ2n) is 3.08. The van der Waals surface area contributed by atoms with Gasteiger partial charge >= 0.3 is 0 Å². The van der Waals surface area contributed by atoms with Crippen molar-refractivity contribution in [3.63, 3.8) is 0 Å². The number of nitrogens with two attached hydrogens (primary N) is 1. The fourth-order valence-corrected chi connectivity index (χ4v) is 2.75. The Morgan fingerprint density at radius 1 is 1.31 bits per heavy atom. The van der Waals surface area contributed by atoms with Gasteiger partial charge in [-0.15, -0.1) is 0 Å². The molecule has 0 spiro atoms. The van der Waals surface area contributed by atoms with Gasteiger partial charge in [-0.3, -0.25) is 4.79 Å². The zero-order valence-electron chi connectivity index (χ0n) is 7.82. The van der Waals surface area contributed by atoms with Crippen LogP contribution in [0.5, 0.6) is 0 Å². The van der Waals surface area contributed by atoms with Gasteiger partial charge < -0.3 is 15.9 Å². The molecule has 2 atom stereocenters. The lowest BCUT2D eigenvalue weighted by atomic mass is 10.0. The zero-order chi connectivity index (χ0) is 12.5. The summed E-state index contributed by atoms with van der Waals surface area (Å²) >= 11 is 6.05. The summed E-state index contributed by atoms with van der Waals surface area (Å²) in [5.41, 5.74) is 5.01. The van der Waals surface area contributed by atoms with Crippen LogP contribution in [0.2, 0.25) is 0 Å². The van der Waals surface area contributed by atoms with Crippen LogP contribution in [0, 0.1) is 5.82 Å². The van der Waals surface area contributed by atoms with Crippen LogP contribution in [0.4, 0.5) is 4.39 Å². The van der Waals surface area contributed by atoms with Gasteiger partial charge in [-0.05, 0) is 12.1 Å². The van der Waals surface area contributed by atoms with E-state index in [2.05, 4.69) is 31.9 Å². The molecule has 0 aliphatic carbocycles. The summed E-state index contributed by atoms with van der Waals surface area (Å²) in [6, 6.07) is 2.22. The number of carbonyl (C=O) groups excluding carboxylic acids is 1. The van der Waals surface area contributed by atoms with Crippen molar-refractivity contribution in [2.75, 3.05) is 0 Å². The Morgan fingerprint density at radius 3 is 2.12 bits per heavy atom. The number of amides is 1. The standard InChI is InChI=1S/C9H8Br2FNO3/c10-4-1-3(12)2-5(11)6(4)7(14)8(15)9(13)16/h1-2,7-8,14-15H,(H2,13,16). The number of rotatable bonds is 3. The molecule has 1 amide bonds. The molecule has 88 valence electrons. The van der Waals surface area contributed by atoms with Gasteiger partial charge in [0.15, 0.2) is 6.10 Å². The van der Waals surface area contributed by atoms with Crippen LogP contribution < -0.4 is 5.73 Å². The number of aliphatic hydroxyl groups is 2. The van der Waals surface area contributed by atoms with Crippen molar-refractivity contribution in [3.05, 3.63) is 32.5 Å². The van der Waals surface area contributed by atoms with E-state index in [9.17, 15) is 19.4 Å². The first-order chi connectivity index (χ1) is 7.34. The van der Waals surface area contributed by atoms with Crippen molar-refractivity contribution in [2.24, 2.45) is 5.73 Å². The maximum Gasteiger partial charge on any atom is 0.249 e. The van der Waals surface area contributed by atoms with Gasteiger partial charge in [0.2, 0.25) is 5.91 Å². The van der Waals surface area contributed by atoms with Gasteiger partial charge in [-0.1, -0.05) is 31.9 Å². The Labute approximate surface area is 108 Å². The van der Waals surface area contributed by atoms with Crippen molar-refractivity contribution < 1.29 is 19.4 Å². The molecule has 7 heteroatoms. The minimum atomic E-state index is -1.75. The van der Waals surface area contributed by atoms with Crippen molar-refractivity contribution in [2.45, 2.75) is 12.2 Å². The van der Waals surface area contributed by atoms with E-state index >= 15 is 0 Å². The van der Waals surface area contributed by atoms with Gasteiger partial charge in [0, 0.05) is 14.5 Å². The number of halogens is 3. The maximum atomic E-state index is 12.9. The highest BCUT2D eigenvalue weighted by atomic mass is 79.9. The predicted octanol–water partition coefficient (Wildman–Crippen LogP) is 1.23. The van der Waals surface area contributed by atoms with Gasteiger partial charge in [0.05, 0.1) is 0 Å². The third-order valence-corrected chi connectivity index (χ3v) is 3.24. The topological polar surface area (TPSA) is 83.6 Å². The highest BCUT2D eigenvalue weighted by Crippen LogP contribution is 2.33. The van der Waals surface area contributed by atoms with Crippen molar-refractivity contribution >= 4 is 37.8 Å². The highest BCUT2D eigenvalue weighted by Gasteiger charge is 2.27. The molecule has 0 fully saturated rings. The van der Waals surface area contributed by atoms with E-state index in [-0.39, 0.29) is 14.5 Å². The number of primary amides is 1. The average Bonchev–Trinajstić information content (AvgIpc) is 2.14. The highest BCUT2D eigenvalue weighted by molar-refractivity contribution is 9.11. The Balaban J connectivity index is 3.18. The molecule has 4 nitrogen and oxygen atoms in total. The minimum Gasteiger partial charge on any atom is -0.385 e. The SMILES string of the molecule is NC(=O)C(O)C(O)c1c(Br)cc(F)cc1Br. The normalized spacial score (nSPS) is 14.6. The molecule has 0 saturated carbocycles. The Bertz CT molecular complexity index is 404. The van der Waals surface area contributed by atoms with Crippen molar-refractivity contribution in [1.29, 1.82) is 0 Å². The lowest BCUT2D eigenvalue weighted by Crippen LogP contribution is -2.34. The number of hydrogen-bond donors (Lipinski definition) is 3. The molecule has 1 aromatic rings. The summed E-state index contributed by atoms with van der Waals surface area (Å²) in [7, 11) is 0. The molecule has 16 heavy (non-hydrogen) atoms. The minimum absolute atomic E-state index is 0.160. The molecule has 1 aromatic carbocycles. The van der Waals surface area contributed by atoms with E-state index in [0.717, 1.165) is 12.1 Å². The van der Waals surface area contributed by atoms with Gasteiger partial charge in [0.1, 0.15) is 11.9 Å². The molecule has 0 aliphatic rings. The lowest BCUT2D eigenvalue weighted by Gasteiger charge is -2.18. The quantitative estimate of drug-likeness (QED) is 0.761. The largest absolute Gasteiger partial charge is 0.385 e. The number of benzene rings is 1. The third kappa shape index (κ3) is 2.79. The summed E-state index contributed by atoms with van der Waals surface area (Å²) in [4.78, 5) is 10.7. The Kier molecular flexibility index (Phi) is 4.43. The number of hydrogen-bond acceptors (Lipinski definition) is 3. The molecular formula is C9H8Br2FNO3. The Morgan fingerprint density at radius 2 is 1.75 bits per heavy atom. The van der Waals surface area contributed by atoms with Gasteiger partial charge in [0.25, 0.3) is 0 Å². The lowest BCUT2D eigenvalue weighted by molar-refractivity contribution is -0.132. The first kappa shape index (κ1) is 13.6. The van der Waals surface area contributed by atoms with E-state index in [1.807, 2.05) is 0 Å². The molecule has 0 heterocycles. The molecule has 0 aliphatic heterocycles. The van der Waals surface area contributed by atoms with Crippen molar-refractivity contribution in [3.8, 4) is 0 Å². The molecule has 0 saturated heterocycles. The van der Waals surface area contributed by atoms with E-state index in [4.69, 9.17) is 5.73 Å². The monoisotopic (exact) mass is 355 g/mol. The zero-order valence-corrected chi connectivity index (χ0v) is 11.0. The molecule has 0 bridgehead atoms. The number of aliphatic hydroxyl groups excluding tert-OH is 2. The summed E-state index contributed by atoms with van der Waals surface area (Å²) < 4.78 is 13.4. The fourth-order valence-electron chi connectivity index (χ4n) is 1.15. The second kappa shape index (κ2) is 5.22. The fraction of sp³-hybridized carbons (Fsp3) is 0.222. The van der Waals surface area contributed by atoms with E-state index in [1.165, 1.54) is 0 Å². The van der Waals surface area contributed by atoms with Crippen molar-refractivity contribution in [1.82, 2.24) is 0 Å². The van der Waals surface area contributed by atoms with E-state index in [0.29, 0.717) is 0 Å². The smallest absolute Gasteiger partial charge is 0.249 e. The summed E-state index contributed by atoms with van der Waals surface area (Å²) in [5.74, 6) is -1.58. The summed E-state index contributed by atoms with van der Waals surface area (Å²) in [6.07, 6.45) is -3.28. The van der Waals surface area contributed by atoms with Gasteiger partial charge in [-0.2, -0.15) is 0 Å². The first-order valence-corrected chi connectivity index (χ1v) is 5.73. The molecular weight excluding hydrogens is 349 g/mol.